The van der Waals surface area contributed by atoms with Gasteiger partial charge in [0.15, 0.2) is 0 Å². The number of amides is 1. The van der Waals surface area contributed by atoms with Crippen LogP contribution in [0, 0.1) is 6.92 Å². The minimum Gasteiger partial charge on any atom is -0.497 e. The van der Waals surface area contributed by atoms with Crippen molar-refractivity contribution in [2.24, 2.45) is 5.10 Å². The van der Waals surface area contributed by atoms with E-state index < -0.39 is 0 Å². The molecule has 1 amide bonds. The van der Waals surface area contributed by atoms with Crippen LogP contribution in [-0.2, 0) is 17.8 Å². The Morgan fingerprint density at radius 1 is 1.10 bits per heavy atom. The van der Waals surface area contributed by atoms with Crippen molar-refractivity contribution >= 4 is 23.7 Å². The van der Waals surface area contributed by atoms with E-state index in [1.807, 2.05) is 43.3 Å². The Morgan fingerprint density at radius 3 is 2.63 bits per heavy atom. The topological polar surface area (TPSA) is 59.9 Å². The van der Waals surface area contributed by atoms with Gasteiger partial charge in [0.1, 0.15) is 18.1 Å². The third-order valence-corrected chi connectivity index (χ3v) is 4.80. The molecule has 0 spiro atoms. The first-order valence-electron chi connectivity index (χ1n) is 9.47. The molecule has 3 rings (SSSR count). The maximum atomic E-state index is 12.2. The summed E-state index contributed by atoms with van der Waals surface area (Å²) in [6, 6.07) is 20.9. The average molecular weight is 423 g/mol. The number of carbonyl (C=O) groups excluding carboxylic acids is 1. The summed E-state index contributed by atoms with van der Waals surface area (Å²) in [6.07, 6.45) is 1.66. The summed E-state index contributed by atoms with van der Waals surface area (Å²) < 4.78 is 11.1. The monoisotopic (exact) mass is 422 g/mol. The Kier molecular flexibility index (Phi) is 7.46. The Balaban J connectivity index is 1.59. The second kappa shape index (κ2) is 10.5. The quantitative estimate of drug-likeness (QED) is 0.413. The minimum atomic E-state index is -0.278. The van der Waals surface area contributed by atoms with Crippen LogP contribution in [-0.4, -0.2) is 19.2 Å². The molecule has 1 N–H and O–H groups in total. The summed E-state index contributed by atoms with van der Waals surface area (Å²) in [4.78, 5) is 12.2. The van der Waals surface area contributed by atoms with Crippen molar-refractivity contribution in [1.29, 1.82) is 0 Å². The number of hydrogen-bond donors (Lipinski definition) is 1. The lowest BCUT2D eigenvalue weighted by Gasteiger charge is -2.09. The summed E-state index contributed by atoms with van der Waals surface area (Å²) in [5, 5.41) is 4.56. The molecule has 0 aliphatic heterocycles. The molecule has 5 nitrogen and oxygen atoms in total. The molecule has 0 unspecified atom stereocenters. The van der Waals surface area contributed by atoms with Crippen molar-refractivity contribution in [1.82, 2.24) is 5.43 Å². The average Bonchev–Trinajstić information content (AvgIpc) is 2.75. The van der Waals surface area contributed by atoms with Crippen LogP contribution in [0.4, 0.5) is 0 Å². The van der Waals surface area contributed by atoms with Crippen LogP contribution < -0.4 is 14.9 Å². The number of hydrogen-bond acceptors (Lipinski definition) is 4. The predicted octanol–water partition coefficient (Wildman–Crippen LogP) is 4.93. The number of ether oxygens (including phenoxy) is 2. The molecule has 0 saturated heterocycles. The molecule has 154 valence electrons. The van der Waals surface area contributed by atoms with Crippen LogP contribution in [0.25, 0.3) is 0 Å². The number of nitrogens with one attached hydrogen (secondary N) is 1. The SMILES string of the molecule is COc1ccc(Cl)c(CC(=O)N/N=C/c2ccccc2OCc2ccc(C)cc2)c1. The van der Waals surface area contributed by atoms with Crippen molar-refractivity contribution in [3.8, 4) is 11.5 Å². The van der Waals surface area contributed by atoms with E-state index >= 15 is 0 Å². The molecule has 30 heavy (non-hydrogen) atoms. The van der Waals surface area contributed by atoms with Gasteiger partial charge in [-0.25, -0.2) is 5.43 Å². The van der Waals surface area contributed by atoms with E-state index in [-0.39, 0.29) is 12.3 Å². The molecule has 0 saturated carbocycles. The van der Waals surface area contributed by atoms with Gasteiger partial charge in [-0.2, -0.15) is 5.10 Å². The highest BCUT2D eigenvalue weighted by Crippen LogP contribution is 2.22. The lowest BCUT2D eigenvalue weighted by Crippen LogP contribution is -2.20. The van der Waals surface area contributed by atoms with E-state index in [1.54, 1.807) is 31.5 Å². The minimum absolute atomic E-state index is 0.0962. The zero-order valence-electron chi connectivity index (χ0n) is 16.9. The highest BCUT2D eigenvalue weighted by Gasteiger charge is 2.08. The number of nitrogens with zero attached hydrogens (tertiary/aromatic N) is 1. The lowest BCUT2D eigenvalue weighted by molar-refractivity contribution is -0.120. The van der Waals surface area contributed by atoms with Crippen molar-refractivity contribution in [3.63, 3.8) is 0 Å². The summed E-state index contributed by atoms with van der Waals surface area (Å²) in [6.45, 7) is 2.50. The van der Waals surface area contributed by atoms with Crippen LogP contribution in [0.15, 0.2) is 71.8 Å². The van der Waals surface area contributed by atoms with Gasteiger partial charge in [0.2, 0.25) is 5.91 Å². The number of rotatable bonds is 8. The molecular formula is C24H23ClN2O3. The fraction of sp³-hybridized carbons (Fsp3) is 0.167. The highest BCUT2D eigenvalue weighted by molar-refractivity contribution is 6.31. The van der Waals surface area contributed by atoms with Gasteiger partial charge < -0.3 is 9.47 Å². The van der Waals surface area contributed by atoms with Gasteiger partial charge in [-0.05, 0) is 48.4 Å². The molecule has 0 aliphatic rings. The number of para-hydroxylation sites is 1. The van der Waals surface area contributed by atoms with Crippen LogP contribution in [0.3, 0.4) is 0 Å². The van der Waals surface area contributed by atoms with E-state index in [1.165, 1.54) is 5.56 Å². The number of aryl methyl sites for hydroxylation is 1. The number of methoxy groups -OCH3 is 1. The van der Waals surface area contributed by atoms with Crippen molar-refractivity contribution in [2.45, 2.75) is 20.0 Å². The first kappa shape index (κ1) is 21.4. The number of carbonyl (C=O) groups is 1. The number of benzene rings is 3. The van der Waals surface area contributed by atoms with Gasteiger partial charge in [-0.3, -0.25) is 4.79 Å². The van der Waals surface area contributed by atoms with E-state index in [9.17, 15) is 4.79 Å². The summed E-state index contributed by atoms with van der Waals surface area (Å²) in [5.74, 6) is 1.05. The first-order chi connectivity index (χ1) is 14.5. The predicted molar refractivity (Wildman–Crippen MR) is 119 cm³/mol. The molecule has 3 aromatic rings. The number of halogens is 1. The third kappa shape index (κ3) is 6.09. The smallest absolute Gasteiger partial charge is 0.244 e. The van der Waals surface area contributed by atoms with E-state index in [4.69, 9.17) is 21.1 Å². The van der Waals surface area contributed by atoms with Crippen LogP contribution in [0.5, 0.6) is 11.5 Å². The van der Waals surface area contributed by atoms with Crippen molar-refractivity contribution < 1.29 is 14.3 Å². The molecule has 0 atom stereocenters. The Labute approximate surface area is 181 Å². The molecule has 0 bridgehead atoms. The molecular weight excluding hydrogens is 400 g/mol. The molecule has 0 fully saturated rings. The normalized spacial score (nSPS) is 10.8. The van der Waals surface area contributed by atoms with Gasteiger partial charge in [-0.1, -0.05) is 53.6 Å². The summed E-state index contributed by atoms with van der Waals surface area (Å²) >= 11 is 6.15. The largest absolute Gasteiger partial charge is 0.497 e. The molecule has 0 aromatic heterocycles. The van der Waals surface area contributed by atoms with Gasteiger partial charge in [-0.15, -0.1) is 0 Å². The summed E-state index contributed by atoms with van der Waals surface area (Å²) in [5.41, 5.74) is 6.25. The highest BCUT2D eigenvalue weighted by atomic mass is 35.5. The standard InChI is InChI=1S/C24H23ClN2O3/c1-17-7-9-18(10-8-17)16-30-23-6-4-3-5-19(23)15-26-27-24(28)14-20-13-21(29-2)11-12-22(20)25/h3-13,15H,14,16H2,1-2H3,(H,27,28)/b26-15+. The van der Waals surface area contributed by atoms with Crippen molar-refractivity contribution in [2.75, 3.05) is 7.11 Å². The molecule has 3 aromatic carbocycles. The van der Waals surface area contributed by atoms with Gasteiger partial charge in [0, 0.05) is 10.6 Å². The maximum Gasteiger partial charge on any atom is 0.244 e. The van der Waals surface area contributed by atoms with Crippen molar-refractivity contribution in [3.05, 3.63) is 94.0 Å². The molecule has 6 heteroatoms. The molecule has 0 aliphatic carbocycles. The number of hydrazone groups is 1. The Morgan fingerprint density at radius 2 is 1.87 bits per heavy atom. The van der Waals surface area contributed by atoms with Crippen LogP contribution in [0.2, 0.25) is 5.02 Å². The lowest BCUT2D eigenvalue weighted by atomic mass is 10.1. The zero-order chi connectivity index (χ0) is 21.3. The van der Waals surface area contributed by atoms with E-state index in [2.05, 4.69) is 22.7 Å². The molecule has 0 heterocycles. The van der Waals surface area contributed by atoms with Gasteiger partial charge in [0.05, 0.1) is 19.7 Å². The van der Waals surface area contributed by atoms with Gasteiger partial charge in [0.25, 0.3) is 0 Å². The van der Waals surface area contributed by atoms with Crippen LogP contribution >= 0.6 is 11.6 Å². The maximum absolute atomic E-state index is 12.2. The fourth-order valence-electron chi connectivity index (χ4n) is 2.76. The Bertz CT molecular complexity index is 1030. The molecule has 0 radical (unpaired) electrons. The van der Waals surface area contributed by atoms with E-state index in [0.29, 0.717) is 28.7 Å². The third-order valence-electron chi connectivity index (χ3n) is 4.43. The zero-order valence-corrected chi connectivity index (χ0v) is 17.6. The fourth-order valence-corrected chi connectivity index (χ4v) is 2.95. The van der Waals surface area contributed by atoms with Gasteiger partial charge >= 0.3 is 0 Å². The summed E-state index contributed by atoms with van der Waals surface area (Å²) in [7, 11) is 1.57. The second-order valence-corrected chi connectivity index (χ2v) is 7.15. The van der Waals surface area contributed by atoms with E-state index in [0.717, 1.165) is 11.1 Å². The Hall–Kier alpha value is -3.31. The second-order valence-electron chi connectivity index (χ2n) is 6.74. The first-order valence-corrected chi connectivity index (χ1v) is 9.84. The van der Waals surface area contributed by atoms with Crippen LogP contribution in [0.1, 0.15) is 22.3 Å².